The SMILES string of the molecule is O=C(O)c1ccc(-c2nn(C(=O)c3c(F)cccc3Br)c3c2CCCC3)c(F)c1. The highest BCUT2D eigenvalue weighted by Crippen LogP contribution is 2.34. The molecule has 0 unspecified atom stereocenters. The van der Waals surface area contributed by atoms with E-state index >= 15 is 0 Å². The van der Waals surface area contributed by atoms with Crippen molar-refractivity contribution in [2.24, 2.45) is 0 Å². The molecule has 1 aliphatic rings. The van der Waals surface area contributed by atoms with Crippen LogP contribution in [-0.2, 0) is 12.8 Å². The maximum atomic E-state index is 14.7. The van der Waals surface area contributed by atoms with E-state index in [0.29, 0.717) is 23.0 Å². The van der Waals surface area contributed by atoms with Gasteiger partial charge in [-0.05, 0) is 71.9 Å². The standard InChI is InChI=1S/C21H15BrF2N2O3/c22-14-5-3-6-15(23)18(14)20(27)26-17-7-2-1-4-13(17)19(25-26)12-9-8-11(21(28)29)10-16(12)24/h3,5-6,8-10H,1-2,4,7H2,(H,28,29). The van der Waals surface area contributed by atoms with Gasteiger partial charge >= 0.3 is 5.97 Å². The van der Waals surface area contributed by atoms with E-state index < -0.39 is 23.5 Å². The summed E-state index contributed by atoms with van der Waals surface area (Å²) in [6.07, 6.45) is 2.87. The molecule has 1 heterocycles. The van der Waals surface area contributed by atoms with Crippen LogP contribution in [0.1, 0.15) is 44.8 Å². The highest BCUT2D eigenvalue weighted by atomic mass is 79.9. The van der Waals surface area contributed by atoms with Crippen molar-refractivity contribution in [1.82, 2.24) is 9.78 Å². The van der Waals surface area contributed by atoms with Crippen molar-refractivity contribution in [3.63, 3.8) is 0 Å². The van der Waals surface area contributed by atoms with Crippen molar-refractivity contribution in [3.8, 4) is 11.3 Å². The first-order chi connectivity index (χ1) is 13.9. The molecule has 1 aliphatic carbocycles. The third-order valence-corrected chi connectivity index (χ3v) is 5.68. The number of hydrogen-bond acceptors (Lipinski definition) is 3. The molecular weight excluding hydrogens is 446 g/mol. The Bertz CT molecular complexity index is 1140. The Labute approximate surface area is 173 Å². The molecule has 4 rings (SSSR count). The zero-order valence-electron chi connectivity index (χ0n) is 15.1. The minimum absolute atomic E-state index is 0.118. The van der Waals surface area contributed by atoms with E-state index in [1.54, 1.807) is 6.07 Å². The fraction of sp³-hybridized carbons (Fsp3) is 0.190. The van der Waals surface area contributed by atoms with E-state index in [0.717, 1.165) is 29.2 Å². The van der Waals surface area contributed by atoms with E-state index in [1.165, 1.54) is 24.3 Å². The Morgan fingerprint density at radius 1 is 1.07 bits per heavy atom. The molecule has 1 aromatic heterocycles. The van der Waals surface area contributed by atoms with Gasteiger partial charge in [0, 0.05) is 15.6 Å². The molecule has 0 amide bonds. The summed E-state index contributed by atoms with van der Waals surface area (Å²) in [7, 11) is 0. The molecule has 0 bridgehead atoms. The van der Waals surface area contributed by atoms with Crippen LogP contribution in [-0.4, -0.2) is 26.8 Å². The summed E-state index contributed by atoms with van der Waals surface area (Å²) in [6.45, 7) is 0. The molecule has 29 heavy (non-hydrogen) atoms. The highest BCUT2D eigenvalue weighted by Gasteiger charge is 2.28. The Kier molecular flexibility index (Phi) is 5.04. The van der Waals surface area contributed by atoms with Crippen LogP contribution in [0.2, 0.25) is 0 Å². The summed E-state index contributed by atoms with van der Waals surface area (Å²) in [6, 6.07) is 7.82. The second-order valence-electron chi connectivity index (χ2n) is 6.79. The number of rotatable bonds is 3. The first kappa shape index (κ1) is 19.4. The summed E-state index contributed by atoms with van der Waals surface area (Å²) in [4.78, 5) is 24.2. The topological polar surface area (TPSA) is 72.2 Å². The molecule has 8 heteroatoms. The van der Waals surface area contributed by atoms with Gasteiger partial charge < -0.3 is 5.11 Å². The van der Waals surface area contributed by atoms with E-state index in [1.807, 2.05) is 0 Å². The van der Waals surface area contributed by atoms with Gasteiger partial charge in [0.15, 0.2) is 0 Å². The normalized spacial score (nSPS) is 13.2. The van der Waals surface area contributed by atoms with Gasteiger partial charge in [0.2, 0.25) is 0 Å². The van der Waals surface area contributed by atoms with Crippen molar-refractivity contribution in [1.29, 1.82) is 0 Å². The molecule has 0 fully saturated rings. The lowest BCUT2D eigenvalue weighted by Gasteiger charge is -2.14. The molecule has 0 atom stereocenters. The minimum atomic E-state index is -1.23. The van der Waals surface area contributed by atoms with Crippen LogP contribution in [0.25, 0.3) is 11.3 Å². The Morgan fingerprint density at radius 3 is 2.52 bits per heavy atom. The monoisotopic (exact) mass is 460 g/mol. The van der Waals surface area contributed by atoms with Crippen LogP contribution in [0.3, 0.4) is 0 Å². The number of hydrogen-bond donors (Lipinski definition) is 1. The number of carboxylic acids is 1. The van der Waals surface area contributed by atoms with Crippen LogP contribution in [0.15, 0.2) is 40.9 Å². The lowest BCUT2D eigenvalue weighted by atomic mass is 9.93. The summed E-state index contributed by atoms with van der Waals surface area (Å²) in [5, 5.41) is 13.4. The molecule has 2 aromatic carbocycles. The van der Waals surface area contributed by atoms with Gasteiger partial charge in [-0.2, -0.15) is 9.78 Å². The zero-order valence-corrected chi connectivity index (χ0v) is 16.7. The Hall–Kier alpha value is -2.87. The number of fused-ring (bicyclic) bond motifs is 1. The third kappa shape index (κ3) is 3.37. The molecule has 3 aromatic rings. The quantitative estimate of drug-likeness (QED) is 0.605. The van der Waals surface area contributed by atoms with Crippen molar-refractivity contribution < 1.29 is 23.5 Å². The molecule has 148 valence electrons. The van der Waals surface area contributed by atoms with Crippen LogP contribution in [0.4, 0.5) is 8.78 Å². The number of carboxylic acid groups (broad SMARTS) is 1. The molecule has 5 nitrogen and oxygen atoms in total. The van der Waals surface area contributed by atoms with Crippen molar-refractivity contribution >= 4 is 27.8 Å². The van der Waals surface area contributed by atoms with Crippen LogP contribution in [0.5, 0.6) is 0 Å². The van der Waals surface area contributed by atoms with Crippen molar-refractivity contribution in [2.75, 3.05) is 0 Å². The number of carbonyl (C=O) groups is 2. The molecule has 1 N–H and O–H groups in total. The summed E-state index contributed by atoms with van der Waals surface area (Å²) in [5.41, 5.74) is 1.46. The molecule has 0 spiro atoms. The predicted molar refractivity (Wildman–Crippen MR) is 105 cm³/mol. The predicted octanol–water partition coefficient (Wildman–Crippen LogP) is 4.86. The van der Waals surface area contributed by atoms with Gasteiger partial charge in [0.05, 0.1) is 22.5 Å². The minimum Gasteiger partial charge on any atom is -0.478 e. The number of nitrogens with zero attached hydrogens (tertiary/aromatic N) is 2. The van der Waals surface area contributed by atoms with Crippen molar-refractivity contribution in [2.45, 2.75) is 25.7 Å². The maximum Gasteiger partial charge on any atom is 0.335 e. The summed E-state index contributed by atoms with van der Waals surface area (Å²) >= 11 is 3.21. The largest absolute Gasteiger partial charge is 0.478 e. The van der Waals surface area contributed by atoms with E-state index in [2.05, 4.69) is 21.0 Å². The van der Waals surface area contributed by atoms with Gasteiger partial charge in [-0.3, -0.25) is 4.79 Å². The fourth-order valence-corrected chi connectivity index (χ4v) is 4.14. The van der Waals surface area contributed by atoms with Crippen molar-refractivity contribution in [3.05, 3.63) is 74.9 Å². The summed E-state index contributed by atoms with van der Waals surface area (Å²) in [5.74, 6) is -3.28. The van der Waals surface area contributed by atoms with Gasteiger partial charge in [0.25, 0.3) is 5.91 Å². The Morgan fingerprint density at radius 2 is 1.83 bits per heavy atom. The molecule has 0 saturated heterocycles. The van der Waals surface area contributed by atoms with Crippen LogP contribution < -0.4 is 0 Å². The molecular formula is C21H15BrF2N2O3. The number of halogens is 3. The number of aromatic nitrogens is 2. The lowest BCUT2D eigenvalue weighted by molar-refractivity contribution is 0.0696. The number of aromatic carboxylic acids is 1. The average Bonchev–Trinajstić information content (AvgIpc) is 3.07. The maximum absolute atomic E-state index is 14.7. The third-order valence-electron chi connectivity index (χ3n) is 5.02. The first-order valence-corrected chi connectivity index (χ1v) is 9.80. The van der Waals surface area contributed by atoms with E-state index in [-0.39, 0.29) is 22.4 Å². The second-order valence-corrected chi connectivity index (χ2v) is 7.65. The first-order valence-electron chi connectivity index (χ1n) is 9.01. The summed E-state index contributed by atoms with van der Waals surface area (Å²) < 4.78 is 30.4. The van der Waals surface area contributed by atoms with Crippen LogP contribution in [0, 0.1) is 11.6 Å². The smallest absolute Gasteiger partial charge is 0.335 e. The van der Waals surface area contributed by atoms with Gasteiger partial charge in [-0.15, -0.1) is 0 Å². The van der Waals surface area contributed by atoms with E-state index in [9.17, 15) is 18.4 Å². The second kappa shape index (κ2) is 7.51. The molecule has 0 aliphatic heterocycles. The molecule has 0 radical (unpaired) electrons. The van der Waals surface area contributed by atoms with Gasteiger partial charge in [-0.1, -0.05) is 6.07 Å². The van der Waals surface area contributed by atoms with Crippen LogP contribution >= 0.6 is 15.9 Å². The van der Waals surface area contributed by atoms with E-state index in [4.69, 9.17) is 5.11 Å². The highest BCUT2D eigenvalue weighted by molar-refractivity contribution is 9.10. The number of benzene rings is 2. The Balaban J connectivity index is 1.88. The molecule has 0 saturated carbocycles. The average molecular weight is 461 g/mol. The number of carbonyl (C=O) groups excluding carboxylic acids is 1. The fourth-order valence-electron chi connectivity index (χ4n) is 3.63. The van der Waals surface area contributed by atoms with Gasteiger partial charge in [0.1, 0.15) is 11.6 Å². The lowest BCUT2D eigenvalue weighted by Crippen LogP contribution is -2.20. The van der Waals surface area contributed by atoms with Gasteiger partial charge in [-0.25, -0.2) is 13.6 Å². The zero-order chi connectivity index (χ0) is 20.7.